The Morgan fingerprint density at radius 1 is 1.32 bits per heavy atom. The second-order valence-electron chi connectivity index (χ2n) is 4.63. The van der Waals surface area contributed by atoms with Crippen LogP contribution in [-0.4, -0.2) is 24.7 Å². The Labute approximate surface area is 110 Å². The molecule has 0 aromatic carbocycles. The third-order valence-electron chi connectivity index (χ3n) is 3.26. The van der Waals surface area contributed by atoms with Crippen LogP contribution in [0.1, 0.15) is 17.1 Å². The number of anilines is 1. The quantitative estimate of drug-likeness (QED) is 0.751. The molecule has 0 aliphatic heterocycles. The van der Waals surface area contributed by atoms with E-state index in [1.54, 1.807) is 11.0 Å². The number of fused-ring (bicyclic) bond motifs is 1. The highest BCUT2D eigenvalue weighted by molar-refractivity contribution is 5.81. The number of hydrogen-bond acceptors (Lipinski definition) is 4. The van der Waals surface area contributed by atoms with Crippen molar-refractivity contribution in [3.63, 3.8) is 0 Å². The van der Waals surface area contributed by atoms with E-state index in [1.165, 1.54) is 0 Å². The third-order valence-corrected chi connectivity index (χ3v) is 3.26. The van der Waals surface area contributed by atoms with Crippen LogP contribution in [0.25, 0.3) is 11.0 Å². The summed E-state index contributed by atoms with van der Waals surface area (Å²) in [7, 11) is 1.91. The van der Waals surface area contributed by atoms with E-state index >= 15 is 0 Å². The Bertz CT molecular complexity index is 724. The van der Waals surface area contributed by atoms with Crippen LogP contribution in [0, 0.1) is 13.8 Å². The van der Waals surface area contributed by atoms with Crippen molar-refractivity contribution < 1.29 is 0 Å². The van der Waals surface area contributed by atoms with Gasteiger partial charge in [-0.15, -0.1) is 0 Å². The predicted molar refractivity (Wildman–Crippen MR) is 73.9 cm³/mol. The first-order valence-electron chi connectivity index (χ1n) is 6.17. The highest BCUT2D eigenvalue weighted by Crippen LogP contribution is 2.19. The maximum Gasteiger partial charge on any atom is 0.157 e. The molecule has 98 valence electrons. The standard InChI is InChI=1S/C13H16N6/c1-8-11-4-10(5-15-13(11)19(3)18-8)14-6-12-9(2)16-7-17-12/h4-5,7,14H,6H2,1-3H3,(H,16,17). The average molecular weight is 256 g/mol. The van der Waals surface area contributed by atoms with E-state index in [4.69, 9.17) is 0 Å². The molecule has 3 heterocycles. The molecule has 2 N–H and O–H groups in total. The molecular weight excluding hydrogens is 240 g/mol. The number of hydrogen-bond donors (Lipinski definition) is 2. The summed E-state index contributed by atoms with van der Waals surface area (Å²) in [6, 6.07) is 2.08. The summed E-state index contributed by atoms with van der Waals surface area (Å²) in [5, 5.41) is 8.77. The van der Waals surface area contributed by atoms with Crippen LogP contribution >= 0.6 is 0 Å². The lowest BCUT2D eigenvalue weighted by Crippen LogP contribution is -2.02. The summed E-state index contributed by atoms with van der Waals surface area (Å²) < 4.78 is 1.80. The molecule has 0 aliphatic rings. The Morgan fingerprint density at radius 3 is 2.89 bits per heavy atom. The van der Waals surface area contributed by atoms with Crippen molar-refractivity contribution >= 4 is 16.7 Å². The number of aromatic nitrogens is 5. The number of aromatic amines is 1. The van der Waals surface area contributed by atoms with E-state index in [9.17, 15) is 0 Å². The highest BCUT2D eigenvalue weighted by atomic mass is 15.3. The zero-order valence-corrected chi connectivity index (χ0v) is 11.2. The molecule has 19 heavy (non-hydrogen) atoms. The maximum absolute atomic E-state index is 4.43. The first-order valence-corrected chi connectivity index (χ1v) is 6.17. The zero-order valence-electron chi connectivity index (χ0n) is 11.2. The van der Waals surface area contributed by atoms with Crippen LogP contribution in [0.5, 0.6) is 0 Å². The molecule has 0 aliphatic carbocycles. The summed E-state index contributed by atoms with van der Waals surface area (Å²) in [5.74, 6) is 0. The van der Waals surface area contributed by atoms with Gasteiger partial charge in [0.05, 0.1) is 36.1 Å². The molecule has 6 nitrogen and oxygen atoms in total. The van der Waals surface area contributed by atoms with E-state index in [0.717, 1.165) is 33.8 Å². The molecule has 0 saturated carbocycles. The number of H-pyrrole nitrogens is 1. The number of imidazole rings is 1. The lowest BCUT2D eigenvalue weighted by molar-refractivity contribution is 0.774. The summed E-state index contributed by atoms with van der Waals surface area (Å²) in [6.07, 6.45) is 3.53. The van der Waals surface area contributed by atoms with Gasteiger partial charge < -0.3 is 10.3 Å². The van der Waals surface area contributed by atoms with Crippen molar-refractivity contribution in [2.24, 2.45) is 7.05 Å². The van der Waals surface area contributed by atoms with Crippen molar-refractivity contribution in [1.29, 1.82) is 0 Å². The smallest absolute Gasteiger partial charge is 0.157 e. The summed E-state index contributed by atoms with van der Waals surface area (Å²) in [5.41, 5.74) is 4.97. The predicted octanol–water partition coefficient (Wildman–Crippen LogP) is 1.92. The van der Waals surface area contributed by atoms with Gasteiger partial charge in [0.1, 0.15) is 0 Å². The number of rotatable bonds is 3. The van der Waals surface area contributed by atoms with Gasteiger partial charge in [-0.25, -0.2) is 9.97 Å². The summed E-state index contributed by atoms with van der Waals surface area (Å²) in [4.78, 5) is 11.8. The van der Waals surface area contributed by atoms with Crippen molar-refractivity contribution in [3.8, 4) is 0 Å². The van der Waals surface area contributed by atoms with Gasteiger partial charge in [0.15, 0.2) is 5.65 Å². The largest absolute Gasteiger partial charge is 0.378 e. The molecular formula is C13H16N6. The van der Waals surface area contributed by atoms with E-state index in [0.29, 0.717) is 6.54 Å². The van der Waals surface area contributed by atoms with Gasteiger partial charge in [-0.3, -0.25) is 4.68 Å². The first kappa shape index (κ1) is 11.7. The van der Waals surface area contributed by atoms with E-state index < -0.39 is 0 Å². The minimum atomic E-state index is 0.682. The first-order chi connectivity index (χ1) is 9.15. The van der Waals surface area contributed by atoms with Crippen LogP contribution in [0.2, 0.25) is 0 Å². The minimum absolute atomic E-state index is 0.682. The second-order valence-corrected chi connectivity index (χ2v) is 4.63. The minimum Gasteiger partial charge on any atom is -0.378 e. The fraction of sp³-hybridized carbons (Fsp3) is 0.308. The van der Waals surface area contributed by atoms with Gasteiger partial charge >= 0.3 is 0 Å². The monoisotopic (exact) mass is 256 g/mol. The van der Waals surface area contributed by atoms with Crippen molar-refractivity contribution in [3.05, 3.63) is 35.7 Å². The summed E-state index contributed by atoms with van der Waals surface area (Å²) in [6.45, 7) is 4.68. The molecule has 3 aromatic heterocycles. The van der Waals surface area contributed by atoms with Crippen LogP contribution in [0.15, 0.2) is 18.6 Å². The normalized spacial score (nSPS) is 11.1. The molecule has 6 heteroatoms. The SMILES string of the molecule is Cc1[nH]cnc1CNc1cnc2c(c1)c(C)nn2C. The van der Waals surface area contributed by atoms with E-state index in [1.807, 2.05) is 27.1 Å². The Balaban J connectivity index is 1.86. The summed E-state index contributed by atoms with van der Waals surface area (Å²) >= 11 is 0. The van der Waals surface area contributed by atoms with E-state index in [-0.39, 0.29) is 0 Å². The fourth-order valence-corrected chi connectivity index (χ4v) is 2.16. The molecule has 0 fully saturated rings. The van der Waals surface area contributed by atoms with Gasteiger partial charge in [0.2, 0.25) is 0 Å². The Hall–Kier alpha value is -2.37. The Kier molecular flexibility index (Phi) is 2.70. The number of aryl methyl sites for hydroxylation is 3. The molecule has 3 rings (SSSR count). The van der Waals surface area contributed by atoms with Gasteiger partial charge in [0, 0.05) is 18.1 Å². The molecule has 3 aromatic rings. The zero-order chi connectivity index (χ0) is 13.4. The number of nitrogens with one attached hydrogen (secondary N) is 2. The number of pyridine rings is 1. The third kappa shape index (κ3) is 2.05. The van der Waals surface area contributed by atoms with Crippen LogP contribution in [0.3, 0.4) is 0 Å². The molecule has 0 atom stereocenters. The lowest BCUT2D eigenvalue weighted by atomic mass is 10.2. The van der Waals surface area contributed by atoms with Crippen molar-refractivity contribution in [2.45, 2.75) is 20.4 Å². The molecule has 0 bridgehead atoms. The van der Waals surface area contributed by atoms with Gasteiger partial charge in [-0.05, 0) is 19.9 Å². The maximum atomic E-state index is 4.43. The molecule has 0 amide bonds. The van der Waals surface area contributed by atoms with Crippen LogP contribution in [-0.2, 0) is 13.6 Å². The van der Waals surface area contributed by atoms with Crippen molar-refractivity contribution in [1.82, 2.24) is 24.7 Å². The van der Waals surface area contributed by atoms with Gasteiger partial charge in [-0.2, -0.15) is 5.10 Å². The van der Waals surface area contributed by atoms with Crippen LogP contribution < -0.4 is 5.32 Å². The van der Waals surface area contributed by atoms with Crippen LogP contribution in [0.4, 0.5) is 5.69 Å². The topological polar surface area (TPSA) is 71.4 Å². The molecule has 0 saturated heterocycles. The second kappa shape index (κ2) is 4.38. The lowest BCUT2D eigenvalue weighted by Gasteiger charge is -2.05. The highest BCUT2D eigenvalue weighted by Gasteiger charge is 2.07. The number of nitrogens with zero attached hydrogens (tertiary/aromatic N) is 4. The Morgan fingerprint density at radius 2 is 2.16 bits per heavy atom. The molecule has 0 spiro atoms. The fourth-order valence-electron chi connectivity index (χ4n) is 2.16. The molecule has 0 unspecified atom stereocenters. The van der Waals surface area contributed by atoms with Gasteiger partial charge in [0.25, 0.3) is 0 Å². The average Bonchev–Trinajstić information content (AvgIpc) is 2.92. The van der Waals surface area contributed by atoms with Gasteiger partial charge in [-0.1, -0.05) is 0 Å². The molecule has 0 radical (unpaired) electrons. The van der Waals surface area contributed by atoms with Crippen molar-refractivity contribution in [2.75, 3.05) is 5.32 Å². The van der Waals surface area contributed by atoms with E-state index in [2.05, 4.69) is 31.4 Å².